The SMILES string of the molecule is CC(=C\c1sc2oc3ccccc3c2[n+]1CCO)/C=C1/Sc2oc3ccccc3c2N1CCO.[Cl-]. The molecule has 0 bridgehead atoms. The number of para-hydroxylation sites is 2. The summed E-state index contributed by atoms with van der Waals surface area (Å²) in [7, 11) is 0. The molecular weight excluding hydrogens is 504 g/mol. The number of fused-ring (bicyclic) bond motifs is 6. The lowest BCUT2D eigenvalue weighted by Crippen LogP contribution is -3.00. The van der Waals surface area contributed by atoms with Gasteiger partial charge in [-0.25, -0.2) is 0 Å². The predicted molar refractivity (Wildman–Crippen MR) is 137 cm³/mol. The summed E-state index contributed by atoms with van der Waals surface area (Å²) in [6.07, 6.45) is 4.24. The zero-order valence-corrected chi connectivity index (χ0v) is 21.3. The molecule has 1 aliphatic heterocycles. The molecule has 6 rings (SSSR count). The van der Waals surface area contributed by atoms with Gasteiger partial charge in [0.1, 0.15) is 23.5 Å². The van der Waals surface area contributed by atoms with Gasteiger partial charge in [0.15, 0.2) is 11.6 Å². The summed E-state index contributed by atoms with van der Waals surface area (Å²) in [5.41, 5.74) is 4.80. The Morgan fingerprint density at radius 1 is 1.00 bits per heavy atom. The highest BCUT2D eigenvalue weighted by Crippen LogP contribution is 2.51. The summed E-state index contributed by atoms with van der Waals surface area (Å²) in [5, 5.41) is 24.4. The minimum absolute atomic E-state index is 0. The van der Waals surface area contributed by atoms with Crippen LogP contribution in [0.5, 0.6) is 0 Å². The molecule has 1 aliphatic rings. The molecule has 6 nitrogen and oxygen atoms in total. The Balaban J connectivity index is 0.00000253. The minimum Gasteiger partial charge on any atom is -1.00 e. The van der Waals surface area contributed by atoms with Crippen LogP contribution in [0.2, 0.25) is 0 Å². The predicted octanol–water partition coefficient (Wildman–Crippen LogP) is 2.53. The number of thioether (sulfide) groups is 1. The van der Waals surface area contributed by atoms with E-state index in [9.17, 15) is 10.2 Å². The number of anilines is 1. The van der Waals surface area contributed by atoms with E-state index in [0.29, 0.717) is 13.1 Å². The van der Waals surface area contributed by atoms with Crippen molar-refractivity contribution in [2.24, 2.45) is 0 Å². The van der Waals surface area contributed by atoms with Gasteiger partial charge in [-0.05, 0) is 65.9 Å². The van der Waals surface area contributed by atoms with Crippen LogP contribution in [-0.4, -0.2) is 30.0 Å². The highest BCUT2D eigenvalue weighted by atomic mass is 35.5. The summed E-state index contributed by atoms with van der Waals surface area (Å²) in [6, 6.07) is 16.0. The van der Waals surface area contributed by atoms with Gasteiger partial charge in [-0.2, -0.15) is 4.57 Å². The van der Waals surface area contributed by atoms with Crippen LogP contribution < -0.4 is 21.9 Å². The Kier molecular flexibility index (Phi) is 6.65. The number of rotatable bonds is 6. The maximum atomic E-state index is 9.73. The van der Waals surface area contributed by atoms with E-state index < -0.39 is 0 Å². The van der Waals surface area contributed by atoms with Gasteiger partial charge in [0, 0.05) is 18.0 Å². The zero-order chi connectivity index (χ0) is 23.2. The summed E-state index contributed by atoms with van der Waals surface area (Å²) < 4.78 is 14.3. The monoisotopic (exact) mass is 526 g/mol. The third-order valence-corrected chi connectivity index (χ3v) is 7.91. The van der Waals surface area contributed by atoms with Crippen LogP contribution in [0.4, 0.5) is 5.69 Å². The van der Waals surface area contributed by atoms with Crippen molar-refractivity contribution in [2.75, 3.05) is 24.7 Å². The number of aliphatic hydroxyl groups is 2. The van der Waals surface area contributed by atoms with Crippen LogP contribution in [0, 0.1) is 0 Å². The number of aliphatic hydroxyl groups excluding tert-OH is 2. The van der Waals surface area contributed by atoms with E-state index in [1.165, 1.54) is 0 Å². The first-order chi connectivity index (χ1) is 16.7. The molecule has 2 aromatic carbocycles. The number of thiazole rings is 1. The summed E-state index contributed by atoms with van der Waals surface area (Å²) >= 11 is 3.16. The smallest absolute Gasteiger partial charge is 0.271 e. The first-order valence-corrected chi connectivity index (χ1v) is 12.7. The molecule has 0 unspecified atom stereocenters. The molecule has 0 aliphatic carbocycles. The third kappa shape index (κ3) is 4.05. The normalized spacial score (nSPS) is 15.0. The molecule has 180 valence electrons. The molecule has 4 heterocycles. The third-order valence-electron chi connectivity index (χ3n) is 5.89. The van der Waals surface area contributed by atoms with Gasteiger partial charge in [0.25, 0.3) is 15.4 Å². The standard InChI is InChI=1S/C26H23N2O4S2.ClH/c1-16(14-21-27(10-12-29)23-17-6-2-4-8-19(17)31-25(23)33-21)15-22-28(11-13-30)24-18-7-3-5-9-20(18)32-26(24)34-22;/h2-9,14-15,29-30H,10-13H2,1H3;1H/q+1;/p-1. The van der Waals surface area contributed by atoms with E-state index in [1.807, 2.05) is 36.4 Å². The largest absolute Gasteiger partial charge is 1.00 e. The fraction of sp³-hybridized carbons (Fsp3) is 0.192. The van der Waals surface area contributed by atoms with Crippen LogP contribution >= 0.6 is 23.1 Å². The number of benzene rings is 2. The molecule has 0 amide bonds. The molecule has 3 aromatic heterocycles. The molecule has 35 heavy (non-hydrogen) atoms. The van der Waals surface area contributed by atoms with Crippen molar-refractivity contribution in [3.8, 4) is 0 Å². The van der Waals surface area contributed by atoms with Crippen molar-refractivity contribution >= 4 is 67.2 Å². The fourth-order valence-corrected chi connectivity index (χ4v) is 6.83. The zero-order valence-electron chi connectivity index (χ0n) is 18.9. The first kappa shape index (κ1) is 24.0. The molecule has 0 saturated carbocycles. The Morgan fingerprint density at radius 3 is 2.46 bits per heavy atom. The van der Waals surface area contributed by atoms with Crippen LogP contribution in [0.15, 0.2) is 79.1 Å². The minimum atomic E-state index is 0. The number of hydrogen-bond donors (Lipinski definition) is 2. The maximum absolute atomic E-state index is 9.73. The number of furan rings is 2. The Labute approximate surface area is 216 Å². The second-order valence-electron chi connectivity index (χ2n) is 8.13. The van der Waals surface area contributed by atoms with Crippen LogP contribution in [0.3, 0.4) is 0 Å². The molecule has 0 radical (unpaired) electrons. The van der Waals surface area contributed by atoms with E-state index in [1.54, 1.807) is 23.1 Å². The van der Waals surface area contributed by atoms with Gasteiger partial charge in [0.2, 0.25) is 0 Å². The van der Waals surface area contributed by atoms with Crippen LogP contribution in [-0.2, 0) is 6.54 Å². The molecule has 0 atom stereocenters. The topological polar surface area (TPSA) is 73.9 Å². The van der Waals surface area contributed by atoms with Gasteiger partial charge >= 0.3 is 0 Å². The second-order valence-corrected chi connectivity index (χ2v) is 10.1. The lowest BCUT2D eigenvalue weighted by Gasteiger charge is -2.18. The summed E-state index contributed by atoms with van der Waals surface area (Å²) in [4.78, 5) is 2.97. The highest BCUT2D eigenvalue weighted by molar-refractivity contribution is 8.03. The quantitative estimate of drug-likeness (QED) is 0.331. The number of aromatic nitrogens is 1. The number of nitrogens with zero attached hydrogens (tertiary/aromatic N) is 2. The Bertz CT molecular complexity index is 1600. The lowest BCUT2D eigenvalue weighted by molar-refractivity contribution is -0.669. The van der Waals surface area contributed by atoms with Crippen LogP contribution in [0.25, 0.3) is 38.4 Å². The Hall–Kier alpha value is -2.75. The van der Waals surface area contributed by atoms with Crippen molar-refractivity contribution in [3.05, 3.63) is 70.2 Å². The second kappa shape index (κ2) is 9.72. The van der Waals surface area contributed by atoms with Gasteiger partial charge in [0.05, 0.1) is 17.0 Å². The number of hydrogen-bond acceptors (Lipinski definition) is 7. The average Bonchev–Trinajstić information content (AvgIpc) is 3.54. The van der Waals surface area contributed by atoms with Gasteiger partial charge in [-0.1, -0.05) is 24.3 Å². The lowest BCUT2D eigenvalue weighted by atomic mass is 10.2. The first-order valence-electron chi connectivity index (χ1n) is 11.1. The molecule has 5 aromatic rings. The van der Waals surface area contributed by atoms with Crippen molar-refractivity contribution in [3.63, 3.8) is 0 Å². The summed E-state index contributed by atoms with van der Waals surface area (Å²) in [6.45, 7) is 3.14. The number of allylic oxidation sites excluding steroid dienone is 2. The maximum Gasteiger partial charge on any atom is 0.271 e. The van der Waals surface area contributed by atoms with E-state index >= 15 is 0 Å². The Morgan fingerprint density at radius 2 is 1.71 bits per heavy atom. The van der Waals surface area contributed by atoms with Crippen molar-refractivity contribution in [2.45, 2.75) is 18.6 Å². The number of β-amino-alcohol motifs (C(OH)–C–C–N with tert-alkyl or cyclic N) is 1. The van der Waals surface area contributed by atoms with Crippen molar-refractivity contribution < 1.29 is 36.0 Å². The number of halogens is 1. The van der Waals surface area contributed by atoms with E-state index in [4.69, 9.17) is 8.83 Å². The molecule has 0 spiro atoms. The van der Waals surface area contributed by atoms with Crippen molar-refractivity contribution in [1.82, 2.24) is 0 Å². The van der Waals surface area contributed by atoms with E-state index in [0.717, 1.165) is 58.7 Å². The van der Waals surface area contributed by atoms with Gasteiger partial charge in [-0.15, -0.1) is 0 Å². The molecule has 2 N–H and O–H groups in total. The van der Waals surface area contributed by atoms with E-state index in [2.05, 4.69) is 40.7 Å². The molecular formula is C26H23ClN2O4S2. The van der Waals surface area contributed by atoms with Crippen molar-refractivity contribution in [1.29, 1.82) is 0 Å². The van der Waals surface area contributed by atoms with Crippen LogP contribution in [0.1, 0.15) is 11.9 Å². The van der Waals surface area contributed by atoms with Gasteiger partial charge < -0.3 is 36.4 Å². The highest BCUT2D eigenvalue weighted by Gasteiger charge is 2.31. The molecule has 9 heteroatoms. The van der Waals surface area contributed by atoms with Gasteiger partial charge in [-0.3, -0.25) is 0 Å². The molecule has 0 saturated heterocycles. The summed E-state index contributed by atoms with van der Waals surface area (Å²) in [5.74, 6) is 0. The van der Waals surface area contributed by atoms with E-state index in [-0.39, 0.29) is 25.6 Å². The average molecular weight is 527 g/mol. The fourth-order valence-electron chi connectivity index (χ4n) is 4.48. The molecule has 0 fully saturated rings.